The molecule has 0 saturated carbocycles. The molecule has 1 rings (SSSR count). The summed E-state index contributed by atoms with van der Waals surface area (Å²) in [7, 11) is 0. The Morgan fingerprint density at radius 3 is 2.70 bits per heavy atom. The molecule has 0 aliphatic heterocycles. The summed E-state index contributed by atoms with van der Waals surface area (Å²) in [4.78, 5) is 11.9. The molecule has 0 saturated heterocycles. The monoisotopic (exact) mass is 317 g/mol. The van der Waals surface area contributed by atoms with Crippen LogP contribution in [0.4, 0.5) is 0 Å². The van der Waals surface area contributed by atoms with Gasteiger partial charge in [0.2, 0.25) is 0 Å². The van der Waals surface area contributed by atoms with Gasteiger partial charge in [0.1, 0.15) is 0 Å². The van der Waals surface area contributed by atoms with E-state index in [4.69, 9.17) is 16.7 Å². The molecule has 0 aromatic heterocycles. The Bertz CT molecular complexity index is 477. The van der Waals surface area contributed by atoms with E-state index >= 15 is 0 Å². The van der Waals surface area contributed by atoms with Crippen LogP contribution in [-0.4, -0.2) is 33.6 Å². The van der Waals surface area contributed by atoms with Crippen LogP contribution in [0.1, 0.15) is 26.3 Å². The van der Waals surface area contributed by atoms with E-state index in [2.05, 4.69) is 19.2 Å². The number of carbonyl (C=O) groups is 1. The maximum Gasteiger partial charge on any atom is 0.336 e. The Morgan fingerprint density at radius 2 is 2.15 bits per heavy atom. The van der Waals surface area contributed by atoms with E-state index in [0.29, 0.717) is 16.8 Å². The van der Waals surface area contributed by atoms with Crippen molar-refractivity contribution in [3.63, 3.8) is 0 Å². The summed E-state index contributed by atoms with van der Waals surface area (Å²) < 4.78 is 0. The molecule has 0 aliphatic carbocycles. The number of aliphatic hydroxyl groups is 1. The molecule has 0 bridgehead atoms. The van der Waals surface area contributed by atoms with E-state index in [1.807, 2.05) is 12.1 Å². The largest absolute Gasteiger partial charge is 0.479 e. The summed E-state index contributed by atoms with van der Waals surface area (Å²) in [5, 5.41) is 22.5. The SMILES string of the molecule is CC(C)Sc1cccc(Cl)c1CNCC(C)(O)C(=O)O. The van der Waals surface area contributed by atoms with Crippen LogP contribution in [0.25, 0.3) is 0 Å². The quantitative estimate of drug-likeness (QED) is 0.675. The van der Waals surface area contributed by atoms with Gasteiger partial charge in [0, 0.05) is 28.3 Å². The lowest BCUT2D eigenvalue weighted by molar-refractivity contribution is -0.156. The van der Waals surface area contributed by atoms with Crippen molar-refractivity contribution in [2.24, 2.45) is 0 Å². The molecule has 112 valence electrons. The van der Waals surface area contributed by atoms with Gasteiger partial charge in [-0.1, -0.05) is 31.5 Å². The van der Waals surface area contributed by atoms with Gasteiger partial charge in [-0.25, -0.2) is 4.79 Å². The summed E-state index contributed by atoms with van der Waals surface area (Å²) in [6.07, 6.45) is 0. The number of aliphatic carboxylic acids is 1. The molecule has 1 aromatic carbocycles. The molecule has 3 N–H and O–H groups in total. The number of nitrogens with one attached hydrogen (secondary N) is 1. The second-order valence-corrected chi connectivity index (χ2v) is 7.09. The highest BCUT2D eigenvalue weighted by atomic mass is 35.5. The minimum atomic E-state index is -1.79. The van der Waals surface area contributed by atoms with Crippen molar-refractivity contribution in [1.29, 1.82) is 0 Å². The third-order valence-electron chi connectivity index (χ3n) is 2.67. The normalized spacial score (nSPS) is 14.3. The zero-order valence-corrected chi connectivity index (χ0v) is 13.4. The Morgan fingerprint density at radius 1 is 1.50 bits per heavy atom. The van der Waals surface area contributed by atoms with Crippen LogP contribution < -0.4 is 5.32 Å². The number of hydrogen-bond acceptors (Lipinski definition) is 4. The smallest absolute Gasteiger partial charge is 0.336 e. The van der Waals surface area contributed by atoms with Crippen molar-refractivity contribution in [3.8, 4) is 0 Å². The van der Waals surface area contributed by atoms with E-state index in [0.717, 1.165) is 10.5 Å². The van der Waals surface area contributed by atoms with Crippen molar-refractivity contribution >= 4 is 29.3 Å². The second kappa shape index (κ2) is 7.31. The first-order valence-corrected chi connectivity index (χ1v) is 7.60. The highest BCUT2D eigenvalue weighted by molar-refractivity contribution is 8.00. The van der Waals surface area contributed by atoms with Gasteiger partial charge in [0.05, 0.1) is 0 Å². The third kappa shape index (κ3) is 4.98. The molecule has 0 heterocycles. The zero-order valence-electron chi connectivity index (χ0n) is 11.8. The average Bonchev–Trinajstić information content (AvgIpc) is 2.31. The number of hydrogen-bond donors (Lipinski definition) is 3. The summed E-state index contributed by atoms with van der Waals surface area (Å²) in [5.74, 6) is -1.25. The minimum absolute atomic E-state index is 0.0423. The van der Waals surface area contributed by atoms with E-state index in [1.54, 1.807) is 17.8 Å². The molecule has 1 aromatic rings. The molecular weight excluding hydrogens is 298 g/mol. The lowest BCUT2D eigenvalue weighted by Crippen LogP contribution is -2.44. The molecule has 6 heteroatoms. The Balaban J connectivity index is 2.75. The van der Waals surface area contributed by atoms with Crippen molar-refractivity contribution < 1.29 is 15.0 Å². The number of thioether (sulfide) groups is 1. The molecule has 4 nitrogen and oxygen atoms in total. The number of rotatable bonds is 7. The predicted molar refractivity (Wildman–Crippen MR) is 82.4 cm³/mol. The zero-order chi connectivity index (χ0) is 15.3. The van der Waals surface area contributed by atoms with Gasteiger partial charge >= 0.3 is 5.97 Å². The van der Waals surface area contributed by atoms with Crippen molar-refractivity contribution in [2.75, 3.05) is 6.54 Å². The number of benzene rings is 1. The maximum atomic E-state index is 10.8. The van der Waals surface area contributed by atoms with Crippen LogP contribution in [0.2, 0.25) is 5.02 Å². The summed E-state index contributed by atoms with van der Waals surface area (Å²) in [6, 6.07) is 5.69. The van der Waals surface area contributed by atoms with Crippen LogP contribution in [0.15, 0.2) is 23.1 Å². The first-order valence-electron chi connectivity index (χ1n) is 6.34. The highest BCUT2D eigenvalue weighted by Gasteiger charge is 2.29. The van der Waals surface area contributed by atoms with Gasteiger partial charge in [-0.15, -0.1) is 11.8 Å². The number of halogens is 1. The first-order chi connectivity index (χ1) is 9.24. The molecule has 20 heavy (non-hydrogen) atoms. The lowest BCUT2D eigenvalue weighted by Gasteiger charge is -2.19. The Kier molecular flexibility index (Phi) is 6.33. The fourth-order valence-corrected chi connectivity index (χ4v) is 2.87. The van der Waals surface area contributed by atoms with Gasteiger partial charge in [-0.05, 0) is 24.6 Å². The van der Waals surface area contributed by atoms with Crippen LogP contribution in [0.3, 0.4) is 0 Å². The number of carboxylic acid groups (broad SMARTS) is 1. The standard InChI is InChI=1S/C14H20ClNO3S/c1-9(2)20-12-6-4-5-11(15)10(12)7-16-8-14(3,19)13(17)18/h4-6,9,16,19H,7-8H2,1-3H3,(H,17,18). The highest BCUT2D eigenvalue weighted by Crippen LogP contribution is 2.31. The lowest BCUT2D eigenvalue weighted by atomic mass is 10.1. The minimum Gasteiger partial charge on any atom is -0.479 e. The van der Waals surface area contributed by atoms with E-state index in [-0.39, 0.29) is 6.54 Å². The van der Waals surface area contributed by atoms with Crippen LogP contribution in [0, 0.1) is 0 Å². The average molecular weight is 318 g/mol. The molecule has 0 radical (unpaired) electrons. The second-order valence-electron chi connectivity index (χ2n) is 5.07. The van der Waals surface area contributed by atoms with Gasteiger partial charge in [0.15, 0.2) is 5.60 Å². The van der Waals surface area contributed by atoms with E-state index < -0.39 is 11.6 Å². The fourth-order valence-electron chi connectivity index (χ4n) is 1.58. The Labute approximate surface area is 128 Å². The predicted octanol–water partition coefficient (Wildman–Crippen LogP) is 2.77. The Hall–Kier alpha value is -0.750. The van der Waals surface area contributed by atoms with Crippen molar-refractivity contribution in [2.45, 2.75) is 43.1 Å². The molecule has 0 spiro atoms. The van der Waals surface area contributed by atoms with E-state index in [9.17, 15) is 9.90 Å². The molecule has 0 amide bonds. The third-order valence-corrected chi connectivity index (χ3v) is 4.13. The maximum absolute atomic E-state index is 10.8. The summed E-state index contributed by atoms with van der Waals surface area (Å²) >= 11 is 7.89. The molecule has 0 aliphatic rings. The molecular formula is C14H20ClNO3S. The molecule has 1 unspecified atom stereocenters. The summed E-state index contributed by atoms with van der Waals surface area (Å²) in [6.45, 7) is 5.83. The van der Waals surface area contributed by atoms with Crippen molar-refractivity contribution in [3.05, 3.63) is 28.8 Å². The number of carboxylic acids is 1. The molecule has 1 atom stereocenters. The fraction of sp³-hybridized carbons (Fsp3) is 0.500. The summed E-state index contributed by atoms with van der Waals surface area (Å²) in [5.41, 5.74) is -0.860. The van der Waals surface area contributed by atoms with Gasteiger partial charge in [-0.2, -0.15) is 0 Å². The van der Waals surface area contributed by atoms with Crippen LogP contribution in [-0.2, 0) is 11.3 Å². The van der Waals surface area contributed by atoms with Crippen LogP contribution >= 0.6 is 23.4 Å². The van der Waals surface area contributed by atoms with Gasteiger partial charge in [-0.3, -0.25) is 0 Å². The first kappa shape index (κ1) is 17.3. The van der Waals surface area contributed by atoms with Gasteiger partial charge in [0.25, 0.3) is 0 Å². The van der Waals surface area contributed by atoms with Gasteiger partial charge < -0.3 is 15.5 Å². The van der Waals surface area contributed by atoms with Crippen molar-refractivity contribution in [1.82, 2.24) is 5.32 Å². The topological polar surface area (TPSA) is 69.6 Å². The van der Waals surface area contributed by atoms with Crippen LogP contribution in [0.5, 0.6) is 0 Å². The van der Waals surface area contributed by atoms with E-state index in [1.165, 1.54) is 6.92 Å². The molecule has 0 fully saturated rings.